The van der Waals surface area contributed by atoms with Crippen molar-refractivity contribution in [3.63, 3.8) is 0 Å². The van der Waals surface area contributed by atoms with Crippen LogP contribution in [0.1, 0.15) is 21.7 Å². The van der Waals surface area contributed by atoms with Crippen LogP contribution in [0.5, 0.6) is 0 Å². The summed E-state index contributed by atoms with van der Waals surface area (Å²) in [6, 6.07) is 11.3. The van der Waals surface area contributed by atoms with Gasteiger partial charge in [0, 0.05) is 44.7 Å². The first-order valence-corrected chi connectivity index (χ1v) is 10.3. The van der Waals surface area contributed by atoms with Crippen molar-refractivity contribution in [2.45, 2.75) is 13.3 Å². The Bertz CT molecular complexity index is 998. The highest BCUT2D eigenvalue weighted by molar-refractivity contribution is 5.94. The van der Waals surface area contributed by atoms with Gasteiger partial charge in [-0.25, -0.2) is 0 Å². The minimum absolute atomic E-state index is 0.0917. The highest BCUT2D eigenvalue weighted by atomic mass is 16.5. The lowest BCUT2D eigenvalue weighted by atomic mass is 10.1. The van der Waals surface area contributed by atoms with Crippen LogP contribution in [0, 0.1) is 6.92 Å². The average Bonchev–Trinajstić information content (AvgIpc) is 3.17. The highest BCUT2D eigenvalue weighted by Gasteiger charge is 2.11. The molecule has 9 heteroatoms. The van der Waals surface area contributed by atoms with Crippen molar-refractivity contribution >= 4 is 17.4 Å². The van der Waals surface area contributed by atoms with Crippen LogP contribution in [0.4, 0.5) is 5.82 Å². The number of nitrogens with zero attached hydrogens (tertiary/aromatic N) is 5. The van der Waals surface area contributed by atoms with Crippen molar-refractivity contribution in [1.29, 1.82) is 0 Å². The van der Waals surface area contributed by atoms with E-state index in [1.165, 1.54) is 0 Å². The maximum atomic E-state index is 12.3. The van der Waals surface area contributed by atoms with Gasteiger partial charge in [0.2, 0.25) is 0 Å². The number of aryl methyl sites for hydroxylation is 1. The predicted molar refractivity (Wildman–Crippen MR) is 114 cm³/mol. The molecule has 2 aromatic heterocycles. The van der Waals surface area contributed by atoms with Crippen molar-refractivity contribution < 1.29 is 9.53 Å². The molecule has 1 amide bonds. The number of nitrogens with one attached hydrogen (secondary N) is 2. The molecule has 3 heterocycles. The Morgan fingerprint density at radius 1 is 1.13 bits per heavy atom. The second kappa shape index (κ2) is 9.64. The Balaban J connectivity index is 1.31. The van der Waals surface area contributed by atoms with Gasteiger partial charge in [0.15, 0.2) is 11.5 Å². The van der Waals surface area contributed by atoms with Crippen molar-refractivity contribution in [2.75, 3.05) is 51.3 Å². The van der Waals surface area contributed by atoms with Crippen molar-refractivity contribution in [3.8, 4) is 0 Å². The maximum absolute atomic E-state index is 12.3. The number of ether oxygens (including phenoxy) is 1. The van der Waals surface area contributed by atoms with Crippen LogP contribution in [0.2, 0.25) is 0 Å². The summed E-state index contributed by atoms with van der Waals surface area (Å²) < 4.78 is 7.11. The Labute approximate surface area is 175 Å². The van der Waals surface area contributed by atoms with Crippen molar-refractivity contribution in [1.82, 2.24) is 30.0 Å². The zero-order valence-electron chi connectivity index (χ0n) is 17.2. The first-order valence-electron chi connectivity index (χ1n) is 10.3. The first kappa shape index (κ1) is 20.2. The van der Waals surface area contributed by atoms with E-state index in [1.807, 2.05) is 43.3 Å². The molecular formula is C21H27N7O2. The van der Waals surface area contributed by atoms with Gasteiger partial charge in [0.25, 0.3) is 5.91 Å². The lowest BCUT2D eigenvalue weighted by molar-refractivity contribution is 0.0398. The molecule has 2 N–H and O–H groups in total. The molecule has 0 bridgehead atoms. The summed E-state index contributed by atoms with van der Waals surface area (Å²) >= 11 is 0. The van der Waals surface area contributed by atoms with Gasteiger partial charge in [0.05, 0.1) is 13.2 Å². The fraction of sp³-hybridized carbons (Fsp3) is 0.429. The molecular weight excluding hydrogens is 382 g/mol. The van der Waals surface area contributed by atoms with Crippen LogP contribution >= 0.6 is 0 Å². The first-order chi connectivity index (χ1) is 14.7. The number of carbonyl (C=O) groups is 1. The van der Waals surface area contributed by atoms with Crippen LogP contribution in [-0.4, -0.2) is 76.6 Å². The van der Waals surface area contributed by atoms with Gasteiger partial charge in [-0.15, -0.1) is 15.3 Å². The molecule has 158 valence electrons. The van der Waals surface area contributed by atoms with E-state index < -0.39 is 0 Å². The minimum Gasteiger partial charge on any atom is -0.379 e. The fourth-order valence-corrected chi connectivity index (χ4v) is 3.43. The molecule has 1 saturated heterocycles. The Morgan fingerprint density at radius 2 is 2.00 bits per heavy atom. The molecule has 1 aliphatic rings. The van der Waals surface area contributed by atoms with Gasteiger partial charge in [-0.2, -0.15) is 4.52 Å². The fourth-order valence-electron chi connectivity index (χ4n) is 3.43. The van der Waals surface area contributed by atoms with E-state index >= 15 is 0 Å². The number of anilines is 1. The van der Waals surface area contributed by atoms with Crippen LogP contribution < -0.4 is 10.6 Å². The molecule has 4 rings (SSSR count). The molecule has 0 spiro atoms. The molecule has 0 unspecified atom stereocenters. The minimum atomic E-state index is -0.0917. The Kier molecular flexibility index (Phi) is 6.50. The van der Waals surface area contributed by atoms with E-state index in [2.05, 4.69) is 30.8 Å². The molecule has 0 radical (unpaired) electrons. The topological polar surface area (TPSA) is 96.7 Å². The molecule has 0 aliphatic carbocycles. The summed E-state index contributed by atoms with van der Waals surface area (Å²) in [6.45, 7) is 7.73. The van der Waals surface area contributed by atoms with Crippen molar-refractivity contribution in [2.24, 2.45) is 0 Å². The molecule has 9 nitrogen and oxygen atoms in total. The van der Waals surface area contributed by atoms with Crippen LogP contribution in [0.15, 0.2) is 36.4 Å². The van der Waals surface area contributed by atoms with E-state index in [9.17, 15) is 4.79 Å². The number of benzene rings is 1. The van der Waals surface area contributed by atoms with E-state index in [0.717, 1.165) is 50.8 Å². The van der Waals surface area contributed by atoms with Crippen molar-refractivity contribution in [3.05, 3.63) is 53.3 Å². The van der Waals surface area contributed by atoms with Crippen LogP contribution in [0.25, 0.3) is 5.65 Å². The molecule has 1 aliphatic heterocycles. The van der Waals surface area contributed by atoms with E-state index in [1.54, 1.807) is 4.52 Å². The number of hydrogen-bond acceptors (Lipinski definition) is 7. The number of fused-ring (bicyclic) bond motifs is 1. The number of carbonyl (C=O) groups excluding carboxylic acids is 1. The lowest BCUT2D eigenvalue weighted by Crippen LogP contribution is -2.39. The number of amides is 1. The maximum Gasteiger partial charge on any atom is 0.251 e. The molecule has 0 atom stereocenters. The van der Waals surface area contributed by atoms with Crippen LogP contribution in [0.3, 0.4) is 0 Å². The zero-order valence-corrected chi connectivity index (χ0v) is 17.2. The molecule has 30 heavy (non-hydrogen) atoms. The molecule has 0 saturated carbocycles. The third-order valence-corrected chi connectivity index (χ3v) is 5.08. The third kappa shape index (κ3) is 5.11. The summed E-state index contributed by atoms with van der Waals surface area (Å²) in [4.78, 5) is 14.7. The second-order valence-electron chi connectivity index (χ2n) is 7.36. The standard InChI is InChI=1S/C21H27N7O2/c1-16-3-2-4-17(15-16)21(29)23-8-7-20-25-24-19-6-5-18(26-28(19)20)22-9-10-27-11-13-30-14-12-27/h2-6,15H,7-14H2,1H3,(H,22,26)(H,23,29). The number of aromatic nitrogens is 4. The smallest absolute Gasteiger partial charge is 0.251 e. The predicted octanol–water partition coefficient (Wildman–Crippen LogP) is 1.15. The van der Waals surface area contributed by atoms with E-state index in [4.69, 9.17) is 4.74 Å². The van der Waals surface area contributed by atoms with Gasteiger partial charge >= 0.3 is 0 Å². The Hall–Kier alpha value is -3.04. The third-order valence-electron chi connectivity index (χ3n) is 5.08. The Morgan fingerprint density at radius 3 is 2.83 bits per heavy atom. The quantitative estimate of drug-likeness (QED) is 0.576. The monoisotopic (exact) mass is 409 g/mol. The zero-order chi connectivity index (χ0) is 20.8. The lowest BCUT2D eigenvalue weighted by Gasteiger charge is -2.26. The number of morpholine rings is 1. The number of hydrogen-bond donors (Lipinski definition) is 2. The second-order valence-corrected chi connectivity index (χ2v) is 7.36. The summed E-state index contributed by atoms with van der Waals surface area (Å²) in [5.74, 6) is 1.40. The summed E-state index contributed by atoms with van der Waals surface area (Å²) in [5, 5.41) is 19.3. The van der Waals surface area contributed by atoms with Gasteiger partial charge in [-0.1, -0.05) is 17.7 Å². The van der Waals surface area contributed by atoms with E-state index in [-0.39, 0.29) is 5.91 Å². The highest BCUT2D eigenvalue weighted by Crippen LogP contribution is 2.08. The van der Waals surface area contributed by atoms with E-state index in [0.29, 0.717) is 30.0 Å². The summed E-state index contributed by atoms with van der Waals surface area (Å²) in [6.07, 6.45) is 0.545. The average molecular weight is 409 g/mol. The van der Waals surface area contributed by atoms with Gasteiger partial charge in [-0.3, -0.25) is 9.69 Å². The SMILES string of the molecule is Cc1cccc(C(=O)NCCc2nnc3ccc(NCCN4CCOCC4)nn23)c1. The largest absolute Gasteiger partial charge is 0.379 e. The molecule has 3 aromatic rings. The molecule has 1 fully saturated rings. The van der Waals surface area contributed by atoms with Gasteiger partial charge in [0.1, 0.15) is 5.82 Å². The summed E-state index contributed by atoms with van der Waals surface area (Å²) in [5.41, 5.74) is 2.41. The van der Waals surface area contributed by atoms with Crippen LogP contribution in [-0.2, 0) is 11.2 Å². The normalized spacial score (nSPS) is 14.7. The number of rotatable bonds is 8. The van der Waals surface area contributed by atoms with Gasteiger partial charge < -0.3 is 15.4 Å². The molecule has 1 aromatic carbocycles. The van der Waals surface area contributed by atoms with Gasteiger partial charge in [-0.05, 0) is 31.2 Å². The summed E-state index contributed by atoms with van der Waals surface area (Å²) in [7, 11) is 0.